The first-order valence-corrected chi connectivity index (χ1v) is 6.61. The maximum atomic E-state index is 11.6. The molecule has 0 aliphatic carbocycles. The van der Waals surface area contributed by atoms with Crippen LogP contribution in [-0.4, -0.2) is 26.2 Å². The van der Waals surface area contributed by atoms with Gasteiger partial charge in [-0.15, -0.1) is 0 Å². The molecule has 0 fully saturated rings. The summed E-state index contributed by atoms with van der Waals surface area (Å²) in [6, 6.07) is 7.81. The Bertz CT molecular complexity index is 402. The highest BCUT2D eigenvalue weighted by atomic mass is 16.5. The van der Waals surface area contributed by atoms with Crippen molar-refractivity contribution in [2.45, 2.75) is 32.7 Å². The van der Waals surface area contributed by atoms with Crippen LogP contribution >= 0.6 is 0 Å². The Hall–Kier alpha value is -1.55. The van der Waals surface area contributed by atoms with Gasteiger partial charge in [0.05, 0.1) is 25.7 Å². The van der Waals surface area contributed by atoms with Gasteiger partial charge in [-0.05, 0) is 38.1 Å². The number of hydrogen-bond donors (Lipinski definition) is 1. The largest absolute Gasteiger partial charge is 0.494 e. The molecule has 1 rings (SSSR count). The summed E-state index contributed by atoms with van der Waals surface area (Å²) in [6.45, 7) is 7.40. The Balaban J connectivity index is 2.93. The molecule has 4 nitrogen and oxygen atoms in total. The van der Waals surface area contributed by atoms with E-state index in [1.807, 2.05) is 45.0 Å². The van der Waals surface area contributed by atoms with Crippen molar-refractivity contribution in [2.24, 2.45) is 0 Å². The van der Waals surface area contributed by atoms with Crippen LogP contribution in [0.4, 0.5) is 0 Å². The summed E-state index contributed by atoms with van der Waals surface area (Å²) in [5.41, 5.74) is 0.621. The SMILES string of the molecule is CCNC(C)(CC(=O)OC)c1ccc(OCC)cc1. The minimum absolute atomic E-state index is 0.225. The van der Waals surface area contributed by atoms with Gasteiger partial charge in [-0.2, -0.15) is 0 Å². The van der Waals surface area contributed by atoms with Crippen molar-refractivity contribution in [1.29, 1.82) is 0 Å². The average molecular weight is 265 g/mol. The third-order valence-electron chi connectivity index (χ3n) is 3.09. The molecule has 0 amide bonds. The van der Waals surface area contributed by atoms with Crippen molar-refractivity contribution in [3.05, 3.63) is 29.8 Å². The first-order valence-electron chi connectivity index (χ1n) is 6.61. The monoisotopic (exact) mass is 265 g/mol. The topological polar surface area (TPSA) is 47.6 Å². The van der Waals surface area contributed by atoms with Gasteiger partial charge in [0.15, 0.2) is 0 Å². The smallest absolute Gasteiger partial charge is 0.307 e. The fourth-order valence-corrected chi connectivity index (χ4v) is 2.10. The lowest BCUT2D eigenvalue weighted by Crippen LogP contribution is -2.41. The fourth-order valence-electron chi connectivity index (χ4n) is 2.10. The van der Waals surface area contributed by atoms with Crippen molar-refractivity contribution in [3.8, 4) is 5.75 Å². The Morgan fingerprint density at radius 1 is 1.26 bits per heavy atom. The van der Waals surface area contributed by atoms with E-state index in [0.29, 0.717) is 13.0 Å². The zero-order valence-corrected chi connectivity index (χ0v) is 12.2. The molecular weight excluding hydrogens is 242 g/mol. The van der Waals surface area contributed by atoms with Gasteiger partial charge < -0.3 is 14.8 Å². The van der Waals surface area contributed by atoms with Gasteiger partial charge in [0.1, 0.15) is 5.75 Å². The lowest BCUT2D eigenvalue weighted by Gasteiger charge is -2.30. The molecule has 1 aromatic carbocycles. The van der Waals surface area contributed by atoms with Crippen LogP contribution in [0.1, 0.15) is 32.8 Å². The number of carbonyl (C=O) groups is 1. The van der Waals surface area contributed by atoms with Crippen molar-refractivity contribution in [1.82, 2.24) is 5.32 Å². The molecule has 1 atom stereocenters. The molecule has 0 aliphatic heterocycles. The van der Waals surface area contributed by atoms with E-state index in [1.54, 1.807) is 0 Å². The van der Waals surface area contributed by atoms with Crippen LogP contribution < -0.4 is 10.1 Å². The van der Waals surface area contributed by atoms with Crippen molar-refractivity contribution in [2.75, 3.05) is 20.3 Å². The number of hydrogen-bond acceptors (Lipinski definition) is 4. The molecule has 0 bridgehead atoms. The van der Waals surface area contributed by atoms with Crippen LogP contribution in [0.2, 0.25) is 0 Å². The van der Waals surface area contributed by atoms with E-state index in [-0.39, 0.29) is 5.97 Å². The number of nitrogens with one attached hydrogen (secondary N) is 1. The number of esters is 1. The lowest BCUT2D eigenvalue weighted by molar-refractivity contribution is -0.142. The quantitative estimate of drug-likeness (QED) is 0.769. The predicted octanol–water partition coefficient (Wildman–Crippen LogP) is 2.47. The van der Waals surface area contributed by atoms with Crippen LogP contribution in [0, 0.1) is 0 Å². The van der Waals surface area contributed by atoms with Gasteiger partial charge in [-0.25, -0.2) is 0 Å². The van der Waals surface area contributed by atoms with Crippen LogP contribution in [0.25, 0.3) is 0 Å². The van der Waals surface area contributed by atoms with E-state index in [4.69, 9.17) is 9.47 Å². The number of rotatable bonds is 7. The fraction of sp³-hybridized carbons (Fsp3) is 0.533. The van der Waals surface area contributed by atoms with Crippen LogP contribution in [0.3, 0.4) is 0 Å². The molecule has 106 valence electrons. The summed E-state index contributed by atoms with van der Waals surface area (Å²) < 4.78 is 10.2. The van der Waals surface area contributed by atoms with E-state index in [1.165, 1.54) is 7.11 Å². The first kappa shape index (κ1) is 15.5. The van der Waals surface area contributed by atoms with Gasteiger partial charge in [-0.1, -0.05) is 19.1 Å². The molecule has 4 heteroatoms. The number of methoxy groups -OCH3 is 1. The molecule has 0 radical (unpaired) electrons. The van der Waals surface area contributed by atoms with E-state index < -0.39 is 5.54 Å². The van der Waals surface area contributed by atoms with Crippen LogP contribution in [0.15, 0.2) is 24.3 Å². The molecule has 0 aromatic heterocycles. The molecule has 1 N–H and O–H groups in total. The van der Waals surface area contributed by atoms with Gasteiger partial charge in [-0.3, -0.25) is 4.79 Å². The summed E-state index contributed by atoms with van der Waals surface area (Å²) >= 11 is 0. The molecule has 1 aromatic rings. The minimum atomic E-state index is -0.424. The molecule has 0 spiro atoms. The van der Waals surface area contributed by atoms with Gasteiger partial charge in [0.25, 0.3) is 0 Å². The van der Waals surface area contributed by atoms with Crippen LogP contribution in [-0.2, 0) is 15.1 Å². The Labute approximate surface area is 115 Å². The second kappa shape index (κ2) is 7.14. The summed E-state index contributed by atoms with van der Waals surface area (Å²) in [7, 11) is 1.41. The average Bonchev–Trinajstić information content (AvgIpc) is 2.40. The third-order valence-corrected chi connectivity index (χ3v) is 3.09. The van der Waals surface area contributed by atoms with Crippen molar-refractivity contribution in [3.63, 3.8) is 0 Å². The van der Waals surface area contributed by atoms with Crippen molar-refractivity contribution >= 4 is 5.97 Å². The third kappa shape index (κ3) is 4.24. The van der Waals surface area contributed by atoms with E-state index in [9.17, 15) is 4.79 Å². The number of carbonyl (C=O) groups excluding carboxylic acids is 1. The van der Waals surface area contributed by atoms with E-state index in [2.05, 4.69) is 5.32 Å². The normalized spacial score (nSPS) is 13.7. The summed E-state index contributed by atoms with van der Waals surface area (Å²) in [6.07, 6.45) is 0.297. The van der Waals surface area contributed by atoms with Gasteiger partial charge in [0.2, 0.25) is 0 Å². The van der Waals surface area contributed by atoms with E-state index >= 15 is 0 Å². The second-order valence-electron chi connectivity index (χ2n) is 4.57. The lowest BCUT2D eigenvalue weighted by atomic mass is 9.88. The molecular formula is C15H23NO3. The highest BCUT2D eigenvalue weighted by Gasteiger charge is 2.29. The Kier molecular flexibility index (Phi) is 5.83. The standard InChI is InChI=1S/C15H23NO3/c1-5-16-15(3,11-14(17)18-4)12-7-9-13(10-8-12)19-6-2/h7-10,16H,5-6,11H2,1-4H3. The van der Waals surface area contributed by atoms with Crippen molar-refractivity contribution < 1.29 is 14.3 Å². The molecule has 0 aliphatic rings. The highest BCUT2D eigenvalue weighted by molar-refractivity contribution is 5.71. The molecule has 19 heavy (non-hydrogen) atoms. The maximum absolute atomic E-state index is 11.6. The summed E-state index contributed by atoms with van der Waals surface area (Å²) in [5.74, 6) is 0.612. The first-order chi connectivity index (χ1) is 9.05. The van der Waals surface area contributed by atoms with Gasteiger partial charge >= 0.3 is 5.97 Å². The minimum Gasteiger partial charge on any atom is -0.494 e. The molecule has 0 saturated carbocycles. The van der Waals surface area contributed by atoms with Crippen LogP contribution in [0.5, 0.6) is 5.75 Å². The summed E-state index contributed by atoms with van der Waals surface area (Å²) in [4.78, 5) is 11.6. The number of benzene rings is 1. The zero-order chi connectivity index (χ0) is 14.3. The predicted molar refractivity (Wildman–Crippen MR) is 75.3 cm³/mol. The molecule has 1 unspecified atom stereocenters. The molecule has 0 saturated heterocycles. The Morgan fingerprint density at radius 2 is 1.89 bits per heavy atom. The Morgan fingerprint density at radius 3 is 2.37 bits per heavy atom. The number of ether oxygens (including phenoxy) is 2. The second-order valence-corrected chi connectivity index (χ2v) is 4.57. The zero-order valence-electron chi connectivity index (χ0n) is 12.2. The molecule has 0 heterocycles. The summed E-state index contributed by atoms with van der Waals surface area (Å²) in [5, 5.41) is 3.35. The maximum Gasteiger partial charge on any atom is 0.307 e. The van der Waals surface area contributed by atoms with Gasteiger partial charge in [0, 0.05) is 0 Å². The highest BCUT2D eigenvalue weighted by Crippen LogP contribution is 2.27. The van der Waals surface area contributed by atoms with E-state index in [0.717, 1.165) is 17.9 Å².